The lowest BCUT2D eigenvalue weighted by molar-refractivity contribution is 0.222. The first-order valence-corrected chi connectivity index (χ1v) is 7.25. The second kappa shape index (κ2) is 5.68. The van der Waals surface area contributed by atoms with Gasteiger partial charge in [0.1, 0.15) is 17.3 Å². The van der Waals surface area contributed by atoms with Gasteiger partial charge in [-0.2, -0.15) is 0 Å². The van der Waals surface area contributed by atoms with E-state index in [9.17, 15) is 8.78 Å². The summed E-state index contributed by atoms with van der Waals surface area (Å²) in [6.07, 6.45) is 4.13. The molecule has 1 aromatic rings. The molecule has 1 saturated carbocycles. The molecule has 0 amide bonds. The third kappa shape index (κ3) is 3.11. The second-order valence-corrected chi connectivity index (χ2v) is 6.62. The first-order valence-electron chi connectivity index (χ1n) is 7.25. The summed E-state index contributed by atoms with van der Waals surface area (Å²) >= 11 is 0. The number of rotatable bonds is 3. The van der Waals surface area contributed by atoms with Gasteiger partial charge in [-0.15, -0.1) is 0 Å². The molecule has 0 aromatic heterocycles. The number of benzene rings is 1. The zero-order chi connectivity index (χ0) is 14.9. The van der Waals surface area contributed by atoms with Crippen molar-refractivity contribution in [2.24, 2.45) is 11.1 Å². The van der Waals surface area contributed by atoms with Crippen molar-refractivity contribution in [3.63, 3.8) is 0 Å². The van der Waals surface area contributed by atoms with Crippen molar-refractivity contribution < 1.29 is 8.78 Å². The van der Waals surface area contributed by atoms with Crippen LogP contribution in [-0.2, 0) is 6.54 Å². The third-order valence-corrected chi connectivity index (χ3v) is 4.52. The van der Waals surface area contributed by atoms with E-state index in [1.54, 1.807) is 11.9 Å². The van der Waals surface area contributed by atoms with Gasteiger partial charge in [-0.25, -0.2) is 8.78 Å². The number of anilines is 1. The molecule has 1 aliphatic rings. The van der Waals surface area contributed by atoms with Gasteiger partial charge < -0.3 is 10.6 Å². The molecule has 2 rings (SSSR count). The Bertz CT molecular complexity index is 452. The number of nitrogens with zero attached hydrogens (tertiary/aromatic N) is 1. The average Bonchev–Trinajstić information content (AvgIpc) is 2.37. The minimum atomic E-state index is -0.516. The summed E-state index contributed by atoms with van der Waals surface area (Å²) < 4.78 is 28.2. The van der Waals surface area contributed by atoms with E-state index in [-0.39, 0.29) is 18.3 Å². The van der Waals surface area contributed by atoms with Crippen molar-refractivity contribution in [1.29, 1.82) is 0 Å². The first kappa shape index (κ1) is 15.2. The van der Waals surface area contributed by atoms with Gasteiger partial charge in [0.25, 0.3) is 0 Å². The van der Waals surface area contributed by atoms with Crippen molar-refractivity contribution in [1.82, 2.24) is 0 Å². The van der Waals surface area contributed by atoms with Crippen LogP contribution < -0.4 is 10.6 Å². The molecule has 1 aromatic carbocycles. The molecule has 20 heavy (non-hydrogen) atoms. The highest BCUT2D eigenvalue weighted by Gasteiger charge is 2.30. The quantitative estimate of drug-likeness (QED) is 0.913. The normalized spacial score (nSPS) is 19.1. The van der Waals surface area contributed by atoms with Crippen LogP contribution in [0.2, 0.25) is 0 Å². The smallest absolute Gasteiger partial charge is 0.149 e. The molecule has 0 saturated heterocycles. The summed E-state index contributed by atoms with van der Waals surface area (Å²) in [6.45, 7) is 4.65. The summed E-state index contributed by atoms with van der Waals surface area (Å²) in [6, 6.07) is 2.87. The molecule has 0 unspecified atom stereocenters. The minimum Gasteiger partial charge on any atom is -0.367 e. The molecule has 0 atom stereocenters. The Hall–Kier alpha value is -1.16. The molecule has 112 valence electrons. The number of hydrogen-bond donors (Lipinski definition) is 1. The van der Waals surface area contributed by atoms with Crippen LogP contribution in [0, 0.1) is 17.0 Å². The summed E-state index contributed by atoms with van der Waals surface area (Å²) in [5.41, 5.74) is 6.35. The summed E-state index contributed by atoms with van der Waals surface area (Å²) in [5.74, 6) is -1.03. The third-order valence-electron chi connectivity index (χ3n) is 4.52. The Labute approximate surface area is 120 Å². The van der Waals surface area contributed by atoms with Gasteiger partial charge in [-0.3, -0.25) is 0 Å². The molecule has 2 N–H and O–H groups in total. The van der Waals surface area contributed by atoms with Gasteiger partial charge in [0.15, 0.2) is 0 Å². The minimum absolute atomic E-state index is 0.0758. The van der Waals surface area contributed by atoms with Gasteiger partial charge in [-0.1, -0.05) is 13.8 Å². The Balaban J connectivity index is 2.19. The topological polar surface area (TPSA) is 29.3 Å². The van der Waals surface area contributed by atoms with E-state index >= 15 is 0 Å². The van der Waals surface area contributed by atoms with E-state index in [1.165, 1.54) is 12.1 Å². The zero-order valence-corrected chi connectivity index (χ0v) is 12.5. The Morgan fingerprint density at radius 1 is 1.20 bits per heavy atom. The fourth-order valence-electron chi connectivity index (χ4n) is 3.03. The van der Waals surface area contributed by atoms with Crippen LogP contribution in [0.1, 0.15) is 45.1 Å². The lowest BCUT2D eigenvalue weighted by Crippen LogP contribution is -2.38. The molecule has 2 nitrogen and oxygen atoms in total. The zero-order valence-electron chi connectivity index (χ0n) is 12.5. The monoisotopic (exact) mass is 282 g/mol. The Kier molecular flexibility index (Phi) is 4.33. The van der Waals surface area contributed by atoms with Crippen LogP contribution in [0.15, 0.2) is 12.1 Å². The summed E-state index contributed by atoms with van der Waals surface area (Å²) in [7, 11) is 1.78. The molecule has 0 aliphatic heterocycles. The van der Waals surface area contributed by atoms with Crippen LogP contribution in [0.5, 0.6) is 0 Å². The second-order valence-electron chi connectivity index (χ2n) is 6.62. The van der Waals surface area contributed by atoms with Gasteiger partial charge >= 0.3 is 0 Å². The summed E-state index contributed by atoms with van der Waals surface area (Å²) in [4.78, 5) is 1.76. The van der Waals surface area contributed by atoms with E-state index in [2.05, 4.69) is 13.8 Å². The van der Waals surface area contributed by atoms with Gasteiger partial charge in [0, 0.05) is 19.6 Å². The van der Waals surface area contributed by atoms with Crippen LogP contribution in [-0.4, -0.2) is 13.1 Å². The largest absolute Gasteiger partial charge is 0.367 e. The van der Waals surface area contributed by atoms with E-state index in [4.69, 9.17) is 5.73 Å². The van der Waals surface area contributed by atoms with E-state index in [1.807, 2.05) is 0 Å². The molecule has 1 fully saturated rings. The van der Waals surface area contributed by atoms with E-state index in [0.717, 1.165) is 25.7 Å². The highest BCUT2D eigenvalue weighted by atomic mass is 19.1. The van der Waals surface area contributed by atoms with E-state index < -0.39 is 11.6 Å². The highest BCUT2D eigenvalue weighted by molar-refractivity contribution is 5.51. The molecule has 0 heterocycles. The van der Waals surface area contributed by atoms with Crippen molar-refractivity contribution >= 4 is 5.69 Å². The molecule has 1 aliphatic carbocycles. The van der Waals surface area contributed by atoms with Crippen LogP contribution in [0.3, 0.4) is 0 Å². The number of nitrogens with two attached hydrogens (primary N) is 1. The predicted molar refractivity (Wildman–Crippen MR) is 78.7 cm³/mol. The fraction of sp³-hybridized carbons (Fsp3) is 0.625. The lowest BCUT2D eigenvalue weighted by atomic mass is 9.75. The highest BCUT2D eigenvalue weighted by Crippen LogP contribution is 2.38. The first-order chi connectivity index (χ1) is 9.34. The standard InChI is InChI=1S/C16H24F2N2/c1-16(2)6-4-12(5-7-16)20(3)15-13(17)8-11(10-19)9-14(15)18/h8-9,12H,4-7,10,19H2,1-3H3. The SMILES string of the molecule is CN(c1c(F)cc(CN)cc1F)C1CCC(C)(C)CC1. The van der Waals surface area contributed by atoms with Gasteiger partial charge in [0.2, 0.25) is 0 Å². The fourth-order valence-corrected chi connectivity index (χ4v) is 3.03. The maximum Gasteiger partial charge on any atom is 0.149 e. The summed E-state index contributed by atoms with van der Waals surface area (Å²) in [5, 5.41) is 0. The molecule has 4 heteroatoms. The molecular formula is C16H24F2N2. The molecule has 0 bridgehead atoms. The molecule has 0 spiro atoms. The molecular weight excluding hydrogens is 258 g/mol. The van der Waals surface area contributed by atoms with Crippen LogP contribution in [0.25, 0.3) is 0 Å². The van der Waals surface area contributed by atoms with Crippen molar-refractivity contribution in [2.75, 3.05) is 11.9 Å². The Morgan fingerprint density at radius 3 is 2.15 bits per heavy atom. The predicted octanol–water partition coefficient (Wildman–Crippen LogP) is 3.83. The molecule has 0 radical (unpaired) electrons. The van der Waals surface area contributed by atoms with Crippen LogP contribution in [0.4, 0.5) is 14.5 Å². The van der Waals surface area contributed by atoms with Crippen molar-refractivity contribution in [3.05, 3.63) is 29.3 Å². The Morgan fingerprint density at radius 2 is 1.70 bits per heavy atom. The number of halogens is 2. The van der Waals surface area contributed by atoms with Crippen LogP contribution >= 0.6 is 0 Å². The number of hydrogen-bond acceptors (Lipinski definition) is 2. The van der Waals surface area contributed by atoms with Crippen molar-refractivity contribution in [2.45, 2.75) is 52.1 Å². The van der Waals surface area contributed by atoms with Crippen molar-refractivity contribution in [3.8, 4) is 0 Å². The maximum atomic E-state index is 14.1. The van der Waals surface area contributed by atoms with Gasteiger partial charge in [-0.05, 0) is 48.8 Å². The average molecular weight is 282 g/mol. The van der Waals surface area contributed by atoms with Gasteiger partial charge in [0.05, 0.1) is 0 Å². The lowest BCUT2D eigenvalue weighted by Gasteiger charge is -2.39. The maximum absolute atomic E-state index is 14.1. The van der Waals surface area contributed by atoms with E-state index in [0.29, 0.717) is 11.0 Å².